The molecule has 0 unspecified atom stereocenters. The van der Waals surface area contributed by atoms with Gasteiger partial charge in [-0.15, -0.1) is 0 Å². The molecule has 0 aliphatic heterocycles. The summed E-state index contributed by atoms with van der Waals surface area (Å²) in [6.07, 6.45) is 5.37. The SMILES string of the molecule is O=C(N/N=C\c1ccc(Br)cc1)c1ccc[n+](Cc2ccccc2)c1. The number of hydrogen-bond acceptors (Lipinski definition) is 2. The predicted molar refractivity (Wildman–Crippen MR) is 101 cm³/mol. The van der Waals surface area contributed by atoms with Crippen LogP contribution in [0.15, 0.2) is 88.7 Å². The van der Waals surface area contributed by atoms with Crippen molar-refractivity contribution in [2.24, 2.45) is 5.10 Å². The highest BCUT2D eigenvalue weighted by atomic mass is 79.9. The largest absolute Gasteiger partial charge is 0.277 e. The van der Waals surface area contributed by atoms with Gasteiger partial charge in [0, 0.05) is 16.1 Å². The summed E-state index contributed by atoms with van der Waals surface area (Å²) < 4.78 is 2.98. The van der Waals surface area contributed by atoms with Crippen LogP contribution in [0.4, 0.5) is 0 Å². The summed E-state index contributed by atoms with van der Waals surface area (Å²) >= 11 is 3.38. The van der Waals surface area contributed by atoms with Crippen molar-refractivity contribution in [2.45, 2.75) is 6.54 Å². The smallest absolute Gasteiger partial charge is 0.267 e. The van der Waals surface area contributed by atoms with Crippen molar-refractivity contribution in [2.75, 3.05) is 0 Å². The van der Waals surface area contributed by atoms with E-state index in [0.717, 1.165) is 10.0 Å². The van der Waals surface area contributed by atoms with Crippen LogP contribution < -0.4 is 9.99 Å². The van der Waals surface area contributed by atoms with Gasteiger partial charge < -0.3 is 0 Å². The number of hydrogen-bond donors (Lipinski definition) is 1. The molecular weight excluding hydrogens is 378 g/mol. The molecule has 0 spiro atoms. The number of amides is 1. The highest BCUT2D eigenvalue weighted by molar-refractivity contribution is 9.10. The van der Waals surface area contributed by atoms with E-state index in [1.165, 1.54) is 5.56 Å². The Balaban J connectivity index is 1.64. The molecule has 2 aromatic carbocycles. The van der Waals surface area contributed by atoms with Crippen LogP contribution in [0.2, 0.25) is 0 Å². The third kappa shape index (κ3) is 5.09. The van der Waals surface area contributed by atoms with Gasteiger partial charge in [0.15, 0.2) is 18.9 Å². The fourth-order valence-corrected chi connectivity index (χ4v) is 2.59. The maximum Gasteiger partial charge on any atom is 0.277 e. The van der Waals surface area contributed by atoms with Crippen molar-refractivity contribution in [1.82, 2.24) is 5.43 Å². The average Bonchev–Trinajstić information content (AvgIpc) is 2.64. The molecule has 124 valence electrons. The summed E-state index contributed by atoms with van der Waals surface area (Å²) in [5, 5.41) is 4.01. The Morgan fingerprint density at radius 3 is 2.56 bits per heavy atom. The molecule has 4 nitrogen and oxygen atoms in total. The maximum absolute atomic E-state index is 12.2. The van der Waals surface area contributed by atoms with Crippen molar-refractivity contribution in [3.8, 4) is 0 Å². The molecule has 5 heteroatoms. The van der Waals surface area contributed by atoms with Gasteiger partial charge in [-0.3, -0.25) is 4.79 Å². The number of benzene rings is 2. The normalized spacial score (nSPS) is 10.8. The third-order valence-corrected chi connectivity index (χ3v) is 4.11. The monoisotopic (exact) mass is 394 g/mol. The second-order valence-electron chi connectivity index (χ2n) is 5.50. The van der Waals surface area contributed by atoms with E-state index in [9.17, 15) is 4.79 Å². The number of aromatic nitrogens is 1. The summed E-state index contributed by atoms with van der Waals surface area (Å²) in [7, 11) is 0. The Hall–Kier alpha value is -2.79. The number of hydrazone groups is 1. The molecule has 0 saturated heterocycles. The molecule has 3 rings (SSSR count). The van der Waals surface area contributed by atoms with E-state index in [2.05, 4.69) is 38.6 Å². The van der Waals surface area contributed by atoms with Crippen LogP contribution in [0, 0.1) is 0 Å². The van der Waals surface area contributed by atoms with Gasteiger partial charge in [-0.2, -0.15) is 9.67 Å². The van der Waals surface area contributed by atoms with Gasteiger partial charge in [0.05, 0.1) is 6.21 Å². The lowest BCUT2D eigenvalue weighted by atomic mass is 10.2. The highest BCUT2D eigenvalue weighted by Crippen LogP contribution is 2.09. The molecule has 3 aromatic rings. The zero-order valence-corrected chi connectivity index (χ0v) is 15.1. The number of pyridine rings is 1. The number of carbonyl (C=O) groups excluding carboxylic acids is 1. The number of rotatable bonds is 5. The molecule has 0 bridgehead atoms. The van der Waals surface area contributed by atoms with E-state index in [0.29, 0.717) is 12.1 Å². The van der Waals surface area contributed by atoms with Gasteiger partial charge in [0.25, 0.3) is 5.91 Å². The van der Waals surface area contributed by atoms with Gasteiger partial charge in [-0.25, -0.2) is 5.43 Å². The Labute approximate surface area is 155 Å². The van der Waals surface area contributed by atoms with E-state index in [1.807, 2.05) is 65.5 Å². The van der Waals surface area contributed by atoms with Crippen molar-refractivity contribution in [1.29, 1.82) is 0 Å². The molecule has 1 amide bonds. The number of nitrogens with zero attached hydrogens (tertiary/aromatic N) is 2. The van der Waals surface area contributed by atoms with E-state index < -0.39 is 0 Å². The fraction of sp³-hybridized carbons (Fsp3) is 0.0500. The van der Waals surface area contributed by atoms with Crippen LogP contribution in [0.3, 0.4) is 0 Å². The number of halogens is 1. The quantitative estimate of drug-likeness (QED) is 0.401. The molecular formula is C20H17BrN3O+. The van der Waals surface area contributed by atoms with Crippen molar-refractivity contribution in [3.63, 3.8) is 0 Å². The number of nitrogens with one attached hydrogen (secondary N) is 1. The molecule has 1 heterocycles. The lowest BCUT2D eigenvalue weighted by molar-refractivity contribution is -0.688. The first-order valence-corrected chi connectivity index (χ1v) is 8.62. The molecule has 0 aliphatic rings. The van der Waals surface area contributed by atoms with Crippen LogP contribution in [-0.2, 0) is 6.54 Å². The lowest BCUT2D eigenvalue weighted by Crippen LogP contribution is -2.35. The van der Waals surface area contributed by atoms with E-state index in [1.54, 1.807) is 12.3 Å². The van der Waals surface area contributed by atoms with Gasteiger partial charge in [0.1, 0.15) is 5.56 Å². The first-order valence-electron chi connectivity index (χ1n) is 7.83. The molecule has 25 heavy (non-hydrogen) atoms. The summed E-state index contributed by atoms with van der Waals surface area (Å²) in [6.45, 7) is 0.712. The zero-order valence-electron chi connectivity index (χ0n) is 13.5. The standard InChI is InChI=1S/C20H16BrN3O/c21-19-10-8-16(9-11-19)13-22-23-20(25)18-7-4-12-24(15-18)14-17-5-2-1-3-6-17/h1-13,15H,14H2/p+1/b22-13-. The third-order valence-electron chi connectivity index (χ3n) is 3.58. The first kappa shape index (κ1) is 17.0. The van der Waals surface area contributed by atoms with E-state index in [-0.39, 0.29) is 5.91 Å². The van der Waals surface area contributed by atoms with Gasteiger partial charge in [-0.1, -0.05) is 58.4 Å². The number of carbonyl (C=O) groups is 1. The molecule has 1 aromatic heterocycles. The topological polar surface area (TPSA) is 45.3 Å². The Bertz CT molecular complexity index is 877. The summed E-state index contributed by atoms with van der Waals surface area (Å²) in [5.41, 5.74) is 5.21. The first-order chi connectivity index (χ1) is 12.2. The maximum atomic E-state index is 12.2. The van der Waals surface area contributed by atoms with Gasteiger partial charge in [-0.05, 0) is 23.8 Å². The van der Waals surface area contributed by atoms with Crippen molar-refractivity contribution >= 4 is 28.1 Å². The molecule has 0 aliphatic carbocycles. The summed E-state index contributed by atoms with van der Waals surface area (Å²) in [5.74, 6) is -0.240. The highest BCUT2D eigenvalue weighted by Gasteiger charge is 2.10. The van der Waals surface area contributed by atoms with Crippen molar-refractivity contribution < 1.29 is 9.36 Å². The minimum absolute atomic E-state index is 0.240. The van der Waals surface area contributed by atoms with Crippen molar-refractivity contribution in [3.05, 3.63) is 100 Å². The van der Waals surface area contributed by atoms with E-state index in [4.69, 9.17) is 0 Å². The minimum Gasteiger partial charge on any atom is -0.267 e. The van der Waals surface area contributed by atoms with Gasteiger partial charge in [0.2, 0.25) is 0 Å². The predicted octanol–water partition coefficient (Wildman–Crippen LogP) is 3.55. The van der Waals surface area contributed by atoms with Crippen LogP contribution >= 0.6 is 15.9 Å². The zero-order chi connectivity index (χ0) is 17.5. The lowest BCUT2D eigenvalue weighted by Gasteiger charge is -2.01. The summed E-state index contributed by atoms with van der Waals surface area (Å²) in [6, 6.07) is 21.4. The van der Waals surface area contributed by atoms with Crippen LogP contribution in [0.25, 0.3) is 0 Å². The second kappa shape index (κ2) is 8.35. The van der Waals surface area contributed by atoms with E-state index >= 15 is 0 Å². The van der Waals surface area contributed by atoms with Crippen LogP contribution in [0.1, 0.15) is 21.5 Å². The molecule has 0 radical (unpaired) electrons. The minimum atomic E-state index is -0.240. The molecule has 0 atom stereocenters. The molecule has 0 saturated carbocycles. The van der Waals surface area contributed by atoms with Crippen LogP contribution in [0.5, 0.6) is 0 Å². The summed E-state index contributed by atoms with van der Waals surface area (Å²) in [4.78, 5) is 12.2. The molecule has 1 N–H and O–H groups in total. The van der Waals surface area contributed by atoms with Crippen LogP contribution in [-0.4, -0.2) is 12.1 Å². The Morgan fingerprint density at radius 2 is 1.80 bits per heavy atom. The fourth-order valence-electron chi connectivity index (χ4n) is 2.33. The second-order valence-corrected chi connectivity index (χ2v) is 6.42. The Kier molecular flexibility index (Phi) is 5.69. The van der Waals surface area contributed by atoms with Gasteiger partial charge >= 0.3 is 0 Å². The average molecular weight is 395 g/mol. The molecule has 0 fully saturated rings. The Morgan fingerprint density at radius 1 is 1.04 bits per heavy atom.